The Morgan fingerprint density at radius 1 is 1.00 bits per heavy atom. The number of unbranched alkanes of at least 4 members (excludes halogenated alkanes) is 2. The second-order valence-corrected chi connectivity index (χ2v) is 10.1. The fourth-order valence-corrected chi connectivity index (χ4v) is 4.88. The number of amides is 1. The van der Waals surface area contributed by atoms with E-state index in [1.807, 2.05) is 64.1 Å². The zero-order valence-electron chi connectivity index (χ0n) is 25.8. The number of carbonyl (C=O) groups excluding carboxylic acids is 2. The highest BCUT2D eigenvalue weighted by atomic mass is 16.5. The van der Waals surface area contributed by atoms with E-state index in [-0.39, 0.29) is 24.0 Å². The van der Waals surface area contributed by atoms with E-state index >= 15 is 0 Å². The van der Waals surface area contributed by atoms with Crippen LogP contribution in [-0.2, 0) is 9.53 Å². The summed E-state index contributed by atoms with van der Waals surface area (Å²) in [5.41, 5.74) is 5.87. The van der Waals surface area contributed by atoms with Gasteiger partial charge in [-0.1, -0.05) is 24.6 Å². The molecular formula is C33H39N2O4+. The molecule has 0 spiro atoms. The molecule has 0 unspecified atom stereocenters. The molecule has 6 nitrogen and oxygen atoms in total. The maximum absolute atomic E-state index is 13.8. The molecule has 0 atom stereocenters. The number of nitrogens with zero attached hydrogens (tertiary/aromatic N) is 1. The number of benzene rings is 3. The Morgan fingerprint density at radius 3 is 2.51 bits per heavy atom. The van der Waals surface area contributed by atoms with Crippen LogP contribution in [0.4, 0.5) is 0 Å². The molecule has 0 aromatic heterocycles. The summed E-state index contributed by atoms with van der Waals surface area (Å²) in [5, 5.41) is 1.44. The molecular weight excluding hydrogens is 488 g/mol. The highest BCUT2D eigenvalue weighted by Gasteiger charge is 2.24. The second-order valence-electron chi connectivity index (χ2n) is 10.1. The van der Waals surface area contributed by atoms with Gasteiger partial charge >= 0.3 is 5.97 Å². The molecule has 0 bridgehead atoms. The SMILES string of the molecule is [2H]c1c2oc3c([2H])c(C)c(C)cc3c(-c3ccccc3C(=O)N(C)CCCCCC(=O)OC)c-2cc(C)c1=[NH+]CC. The van der Waals surface area contributed by atoms with E-state index in [0.29, 0.717) is 48.2 Å². The summed E-state index contributed by atoms with van der Waals surface area (Å²) in [7, 11) is 3.18. The number of esters is 1. The molecule has 2 aliphatic rings. The van der Waals surface area contributed by atoms with Crippen molar-refractivity contribution in [1.29, 1.82) is 0 Å². The maximum atomic E-state index is 13.8. The number of nitrogens with one attached hydrogen (secondary N) is 1. The molecule has 1 N–H and O–H groups in total. The molecule has 39 heavy (non-hydrogen) atoms. The molecule has 0 radical (unpaired) electrons. The highest BCUT2D eigenvalue weighted by Crippen LogP contribution is 2.42. The molecule has 6 heteroatoms. The molecule has 2 aromatic carbocycles. The van der Waals surface area contributed by atoms with E-state index in [0.717, 1.165) is 51.6 Å². The fourth-order valence-electron chi connectivity index (χ4n) is 4.88. The van der Waals surface area contributed by atoms with Crippen LogP contribution in [0.2, 0.25) is 0 Å². The average molecular weight is 530 g/mol. The van der Waals surface area contributed by atoms with Crippen LogP contribution in [0.15, 0.2) is 52.9 Å². The van der Waals surface area contributed by atoms with Crippen LogP contribution in [0.5, 0.6) is 0 Å². The molecule has 0 saturated carbocycles. The van der Waals surface area contributed by atoms with Crippen molar-refractivity contribution >= 4 is 22.8 Å². The number of fused-ring (bicyclic) bond motifs is 2. The topological polar surface area (TPSA) is 73.7 Å². The largest absolute Gasteiger partial charge is 0.469 e. The third-order valence-electron chi connectivity index (χ3n) is 7.21. The van der Waals surface area contributed by atoms with Gasteiger partial charge in [0, 0.05) is 47.7 Å². The lowest BCUT2D eigenvalue weighted by molar-refractivity contribution is -0.496. The number of carbonyl (C=O) groups is 2. The van der Waals surface area contributed by atoms with Gasteiger partial charge in [0.15, 0.2) is 0 Å². The van der Waals surface area contributed by atoms with Gasteiger partial charge in [0.2, 0.25) is 5.36 Å². The number of methoxy groups -OCH3 is 1. The summed E-state index contributed by atoms with van der Waals surface area (Å²) in [4.78, 5) is 30.2. The lowest BCUT2D eigenvalue weighted by Crippen LogP contribution is -2.76. The molecule has 1 amide bonds. The van der Waals surface area contributed by atoms with Crippen molar-refractivity contribution in [3.05, 3.63) is 76.1 Å². The number of ether oxygens (including phenoxy) is 1. The van der Waals surface area contributed by atoms with Gasteiger partial charge in [-0.2, -0.15) is 0 Å². The molecule has 4 rings (SSSR count). The third-order valence-corrected chi connectivity index (χ3v) is 7.21. The predicted molar refractivity (Wildman–Crippen MR) is 155 cm³/mol. The van der Waals surface area contributed by atoms with E-state index in [2.05, 4.69) is 4.99 Å². The normalized spacial score (nSPS) is 12.5. The Bertz CT molecular complexity index is 1660. The van der Waals surface area contributed by atoms with Crippen LogP contribution in [0.25, 0.3) is 33.4 Å². The van der Waals surface area contributed by atoms with Crippen molar-refractivity contribution < 1.29 is 26.5 Å². The fraction of sp³-hybridized carbons (Fsp3) is 0.364. The lowest BCUT2D eigenvalue weighted by Gasteiger charge is -2.22. The summed E-state index contributed by atoms with van der Waals surface area (Å²) < 4.78 is 29.0. The van der Waals surface area contributed by atoms with Crippen LogP contribution in [-0.4, -0.2) is 44.0 Å². The Morgan fingerprint density at radius 2 is 1.77 bits per heavy atom. The first-order valence-corrected chi connectivity index (χ1v) is 13.6. The molecule has 0 saturated heterocycles. The zero-order chi connectivity index (χ0) is 29.8. The van der Waals surface area contributed by atoms with E-state index in [1.54, 1.807) is 11.9 Å². The monoisotopic (exact) mass is 529 g/mol. The minimum atomic E-state index is -0.220. The van der Waals surface area contributed by atoms with Crippen LogP contribution >= 0.6 is 0 Å². The Balaban J connectivity index is 1.88. The highest BCUT2D eigenvalue weighted by molar-refractivity contribution is 6.09. The Hall–Kier alpha value is -3.93. The summed E-state index contributed by atoms with van der Waals surface area (Å²) in [6.07, 6.45) is 2.68. The van der Waals surface area contributed by atoms with Crippen LogP contribution in [0.3, 0.4) is 0 Å². The summed E-state index contributed by atoms with van der Waals surface area (Å²) in [6.45, 7) is 9.03. The van der Waals surface area contributed by atoms with E-state index in [4.69, 9.17) is 11.9 Å². The number of rotatable bonds is 9. The van der Waals surface area contributed by atoms with Crippen molar-refractivity contribution in [3.63, 3.8) is 0 Å². The summed E-state index contributed by atoms with van der Waals surface area (Å²) in [6, 6.07) is 12.1. The van der Waals surface area contributed by atoms with Crippen molar-refractivity contribution in [3.8, 4) is 22.5 Å². The van der Waals surface area contributed by atoms with Crippen molar-refractivity contribution in [1.82, 2.24) is 4.90 Å². The Kier molecular flexibility index (Phi) is 7.99. The van der Waals surface area contributed by atoms with Crippen molar-refractivity contribution in [2.45, 2.75) is 53.4 Å². The van der Waals surface area contributed by atoms with E-state index in [1.165, 1.54) is 7.11 Å². The minimum absolute atomic E-state index is 0.113. The number of hydrogen-bond donors (Lipinski definition) is 1. The van der Waals surface area contributed by atoms with Gasteiger partial charge in [0.25, 0.3) is 5.91 Å². The maximum Gasteiger partial charge on any atom is 0.305 e. The number of aryl methyl sites for hydroxylation is 2. The molecule has 204 valence electrons. The van der Waals surface area contributed by atoms with Crippen LogP contribution in [0.1, 0.15) is 62.4 Å². The minimum Gasteiger partial charge on any atom is -0.469 e. The summed E-state index contributed by atoms with van der Waals surface area (Å²) >= 11 is 0. The van der Waals surface area contributed by atoms with Gasteiger partial charge < -0.3 is 14.1 Å². The average Bonchev–Trinajstić information content (AvgIpc) is 2.96. The molecule has 0 fully saturated rings. The molecule has 1 aliphatic carbocycles. The van der Waals surface area contributed by atoms with Gasteiger partial charge in [-0.25, -0.2) is 4.99 Å². The quantitative estimate of drug-likeness (QED) is 0.189. The standard InChI is InChI=1S/C33H38N2O4/c1-7-34-28-20-30-27(18-23(28)4)32(26-17-21(2)22(3)19-29(26)39-30)24-13-10-11-14-25(24)33(37)35(5)16-12-8-9-15-31(36)38-6/h10-11,13-14,17-20H,7-9,12,15-16H2,1-6H3/p+1/i19D,20D. The molecule has 1 heterocycles. The van der Waals surface area contributed by atoms with E-state index < -0.39 is 0 Å². The van der Waals surface area contributed by atoms with Crippen molar-refractivity contribution in [2.24, 2.45) is 0 Å². The van der Waals surface area contributed by atoms with Crippen molar-refractivity contribution in [2.75, 3.05) is 27.2 Å². The van der Waals surface area contributed by atoms with Gasteiger partial charge in [0.1, 0.15) is 17.9 Å². The summed E-state index contributed by atoms with van der Waals surface area (Å²) in [5.74, 6) is 0.0482. The lowest BCUT2D eigenvalue weighted by atomic mass is 9.88. The van der Waals surface area contributed by atoms with Crippen LogP contribution < -0.4 is 10.3 Å². The predicted octanol–water partition coefficient (Wildman–Crippen LogP) is 4.94. The third kappa shape index (κ3) is 6.06. The zero-order valence-corrected chi connectivity index (χ0v) is 23.8. The first-order chi connectivity index (χ1) is 19.6. The van der Waals surface area contributed by atoms with Gasteiger partial charge in [-0.3, -0.25) is 9.59 Å². The van der Waals surface area contributed by atoms with Gasteiger partial charge in [0.05, 0.1) is 15.9 Å². The van der Waals surface area contributed by atoms with E-state index in [9.17, 15) is 9.59 Å². The molecule has 1 aliphatic heterocycles. The smallest absolute Gasteiger partial charge is 0.305 e. The first-order valence-electron chi connectivity index (χ1n) is 14.6. The molecule has 2 aromatic rings. The van der Waals surface area contributed by atoms with Crippen LogP contribution in [0, 0.1) is 20.8 Å². The van der Waals surface area contributed by atoms with Gasteiger partial charge in [-0.05, 0) is 81.5 Å². The number of hydrogen-bond acceptors (Lipinski definition) is 4. The Labute approximate surface area is 233 Å². The van der Waals surface area contributed by atoms with Gasteiger partial charge in [-0.15, -0.1) is 0 Å². The second kappa shape index (κ2) is 12.3. The first kappa shape index (κ1) is 25.4.